The lowest BCUT2D eigenvalue weighted by Crippen LogP contribution is -1.98. The summed E-state index contributed by atoms with van der Waals surface area (Å²) < 4.78 is 0. The van der Waals surface area contributed by atoms with Crippen LogP contribution in [0.15, 0.2) is 54.6 Å². The molecule has 0 aliphatic heterocycles. The van der Waals surface area contributed by atoms with Crippen molar-refractivity contribution in [3.05, 3.63) is 60.2 Å². The average Bonchev–Trinajstić information content (AvgIpc) is 2.39. The molecule has 0 saturated heterocycles. The highest BCUT2D eigenvalue weighted by Crippen LogP contribution is 2.27. The van der Waals surface area contributed by atoms with Crippen LogP contribution >= 0.6 is 0 Å². The Bertz CT molecular complexity index is 482. The molecule has 0 saturated carbocycles. The Hall–Kier alpha value is -1.56. The number of benzene rings is 2. The van der Waals surface area contributed by atoms with Crippen molar-refractivity contribution in [3.63, 3.8) is 0 Å². The second kappa shape index (κ2) is 5.86. The summed E-state index contributed by atoms with van der Waals surface area (Å²) >= 11 is 0. The highest BCUT2D eigenvalue weighted by Gasteiger charge is 2.08. The molecule has 2 aromatic carbocycles. The maximum absolute atomic E-state index is 2.34. The van der Waals surface area contributed by atoms with Gasteiger partial charge in [0, 0.05) is 0 Å². The fraction of sp³-hybridized carbons (Fsp3) is 0.333. The van der Waals surface area contributed by atoms with E-state index in [2.05, 4.69) is 75.4 Å². The van der Waals surface area contributed by atoms with Crippen molar-refractivity contribution in [2.75, 3.05) is 0 Å². The molecule has 0 aromatic heterocycles. The Labute approximate surface area is 111 Å². The van der Waals surface area contributed by atoms with Crippen LogP contribution in [0.25, 0.3) is 11.1 Å². The van der Waals surface area contributed by atoms with Crippen LogP contribution in [-0.2, 0) is 0 Å². The van der Waals surface area contributed by atoms with E-state index in [4.69, 9.17) is 0 Å². The van der Waals surface area contributed by atoms with Crippen molar-refractivity contribution < 1.29 is 0 Å². The lowest BCUT2D eigenvalue weighted by atomic mass is 9.90. The Morgan fingerprint density at radius 3 is 2.11 bits per heavy atom. The van der Waals surface area contributed by atoms with Crippen LogP contribution in [-0.4, -0.2) is 0 Å². The first-order valence-electron chi connectivity index (χ1n) is 6.82. The molecule has 0 heteroatoms. The van der Waals surface area contributed by atoms with E-state index in [9.17, 15) is 0 Å². The van der Waals surface area contributed by atoms with E-state index in [0.29, 0.717) is 5.92 Å². The Morgan fingerprint density at radius 1 is 0.778 bits per heavy atom. The summed E-state index contributed by atoms with van der Waals surface area (Å²) in [4.78, 5) is 0. The first-order valence-corrected chi connectivity index (χ1v) is 6.82. The van der Waals surface area contributed by atoms with Crippen molar-refractivity contribution in [3.8, 4) is 11.1 Å². The first-order chi connectivity index (χ1) is 8.66. The molecule has 0 fully saturated rings. The van der Waals surface area contributed by atoms with Gasteiger partial charge in [0.05, 0.1) is 0 Å². The van der Waals surface area contributed by atoms with Gasteiger partial charge in [-0.05, 0) is 34.9 Å². The maximum Gasteiger partial charge on any atom is -0.0181 e. The molecule has 94 valence electrons. The number of rotatable bonds is 4. The summed E-state index contributed by atoms with van der Waals surface area (Å²) in [5, 5.41) is 0. The Balaban J connectivity index is 2.25. The molecule has 0 amide bonds. The smallest absolute Gasteiger partial charge is 0.0181 e. The molecular formula is C18H22. The summed E-state index contributed by atoms with van der Waals surface area (Å²) in [5.74, 6) is 1.38. The minimum absolute atomic E-state index is 0.633. The molecule has 0 spiro atoms. The molecule has 2 rings (SSSR count). The van der Waals surface area contributed by atoms with Crippen LogP contribution in [0.5, 0.6) is 0 Å². The summed E-state index contributed by atoms with van der Waals surface area (Å²) in [6, 6.07) is 19.6. The third-order valence-corrected chi connectivity index (χ3v) is 3.39. The van der Waals surface area contributed by atoms with Crippen LogP contribution < -0.4 is 0 Å². The van der Waals surface area contributed by atoms with E-state index in [1.54, 1.807) is 0 Å². The van der Waals surface area contributed by atoms with Gasteiger partial charge in [0.15, 0.2) is 0 Å². The van der Waals surface area contributed by atoms with Crippen molar-refractivity contribution in [2.45, 2.75) is 33.1 Å². The van der Waals surface area contributed by atoms with Crippen molar-refractivity contribution in [2.24, 2.45) is 5.92 Å². The molecule has 0 bridgehead atoms. The van der Waals surface area contributed by atoms with Crippen LogP contribution in [0.4, 0.5) is 0 Å². The highest BCUT2D eigenvalue weighted by molar-refractivity contribution is 5.64. The summed E-state index contributed by atoms with van der Waals surface area (Å²) in [6.07, 6.45) is 1.25. The van der Waals surface area contributed by atoms with E-state index >= 15 is 0 Å². The van der Waals surface area contributed by atoms with Crippen LogP contribution in [0.3, 0.4) is 0 Å². The van der Waals surface area contributed by atoms with Crippen LogP contribution in [0.1, 0.15) is 38.7 Å². The zero-order valence-corrected chi connectivity index (χ0v) is 11.6. The van der Waals surface area contributed by atoms with E-state index in [1.165, 1.54) is 23.1 Å². The minimum atomic E-state index is 0.633. The molecule has 1 atom stereocenters. The van der Waals surface area contributed by atoms with Gasteiger partial charge in [-0.15, -0.1) is 0 Å². The third kappa shape index (κ3) is 3.22. The largest absolute Gasteiger partial charge is 0.0628 e. The molecule has 0 radical (unpaired) electrons. The van der Waals surface area contributed by atoms with Crippen molar-refractivity contribution in [1.82, 2.24) is 0 Å². The number of hydrogen-bond donors (Lipinski definition) is 0. The predicted octanol–water partition coefficient (Wildman–Crippen LogP) is 5.50. The summed E-state index contributed by atoms with van der Waals surface area (Å²) in [6.45, 7) is 6.90. The zero-order valence-electron chi connectivity index (χ0n) is 11.6. The van der Waals surface area contributed by atoms with Gasteiger partial charge in [0.25, 0.3) is 0 Å². The van der Waals surface area contributed by atoms with Gasteiger partial charge >= 0.3 is 0 Å². The fourth-order valence-electron chi connectivity index (χ4n) is 2.50. The predicted molar refractivity (Wildman–Crippen MR) is 79.7 cm³/mol. The van der Waals surface area contributed by atoms with Gasteiger partial charge in [0.1, 0.15) is 0 Å². The Kier molecular flexibility index (Phi) is 4.19. The molecule has 0 nitrogen and oxygen atoms in total. The average molecular weight is 238 g/mol. The lowest BCUT2D eigenvalue weighted by Gasteiger charge is -2.15. The molecular weight excluding hydrogens is 216 g/mol. The fourth-order valence-corrected chi connectivity index (χ4v) is 2.50. The van der Waals surface area contributed by atoms with Gasteiger partial charge in [0.2, 0.25) is 0 Å². The normalized spacial score (nSPS) is 12.7. The van der Waals surface area contributed by atoms with Gasteiger partial charge in [-0.1, -0.05) is 75.4 Å². The first kappa shape index (κ1) is 12.9. The maximum atomic E-state index is 2.34. The summed E-state index contributed by atoms with van der Waals surface area (Å²) in [5.41, 5.74) is 4.07. The van der Waals surface area contributed by atoms with Crippen LogP contribution in [0.2, 0.25) is 0 Å². The molecule has 18 heavy (non-hydrogen) atoms. The van der Waals surface area contributed by atoms with Crippen LogP contribution in [0, 0.1) is 5.92 Å². The lowest BCUT2D eigenvalue weighted by molar-refractivity contribution is 0.524. The second-order valence-electron chi connectivity index (χ2n) is 5.52. The monoisotopic (exact) mass is 238 g/mol. The SMILES string of the molecule is CC(C)C[C@@H](C)c1cccc(-c2ccccc2)c1. The van der Waals surface area contributed by atoms with E-state index in [1.807, 2.05) is 0 Å². The highest BCUT2D eigenvalue weighted by atomic mass is 14.1. The van der Waals surface area contributed by atoms with E-state index in [0.717, 1.165) is 5.92 Å². The Morgan fingerprint density at radius 2 is 1.44 bits per heavy atom. The second-order valence-corrected chi connectivity index (χ2v) is 5.52. The van der Waals surface area contributed by atoms with Gasteiger partial charge in [-0.2, -0.15) is 0 Å². The van der Waals surface area contributed by atoms with Crippen molar-refractivity contribution >= 4 is 0 Å². The van der Waals surface area contributed by atoms with Gasteiger partial charge in [-0.3, -0.25) is 0 Å². The molecule has 2 aromatic rings. The topological polar surface area (TPSA) is 0 Å². The van der Waals surface area contributed by atoms with E-state index < -0.39 is 0 Å². The standard InChI is InChI=1S/C18H22/c1-14(2)12-15(3)17-10-7-11-18(13-17)16-8-5-4-6-9-16/h4-11,13-15H,12H2,1-3H3/t15-/m1/s1. The molecule has 0 N–H and O–H groups in total. The van der Waals surface area contributed by atoms with Gasteiger partial charge < -0.3 is 0 Å². The molecule has 0 unspecified atom stereocenters. The molecule has 0 heterocycles. The number of hydrogen-bond acceptors (Lipinski definition) is 0. The third-order valence-electron chi connectivity index (χ3n) is 3.39. The minimum Gasteiger partial charge on any atom is -0.0628 e. The van der Waals surface area contributed by atoms with E-state index in [-0.39, 0.29) is 0 Å². The molecule has 0 aliphatic rings. The van der Waals surface area contributed by atoms with Crippen molar-refractivity contribution in [1.29, 1.82) is 0 Å². The zero-order chi connectivity index (χ0) is 13.0. The molecule has 0 aliphatic carbocycles. The van der Waals surface area contributed by atoms with Gasteiger partial charge in [-0.25, -0.2) is 0 Å². The summed E-state index contributed by atoms with van der Waals surface area (Å²) in [7, 11) is 0. The quantitative estimate of drug-likeness (QED) is 0.659.